The summed E-state index contributed by atoms with van der Waals surface area (Å²) < 4.78 is 128. The maximum atomic E-state index is 13.2. The lowest BCUT2D eigenvalue weighted by atomic mass is 10.4. The Morgan fingerprint density at radius 1 is 0.857 bits per heavy atom. The molecule has 3 saturated heterocycles. The first-order valence-electron chi connectivity index (χ1n) is 12.8. The topological polar surface area (TPSA) is 104 Å². The fraction of sp³-hybridized carbons (Fsp3) is 0.750. The van der Waals surface area contributed by atoms with E-state index in [9.17, 15) is 14.4 Å². The van der Waals surface area contributed by atoms with Crippen LogP contribution in [0.1, 0.15) is 20.6 Å². The minimum absolute atomic E-state index is 0.773. The summed E-state index contributed by atoms with van der Waals surface area (Å²) >= 11 is 0. The minimum Gasteiger partial charge on any atom is -0.371 e. The van der Waals surface area contributed by atoms with Crippen molar-refractivity contribution < 1.29 is 34.8 Å². The van der Waals surface area contributed by atoms with E-state index in [2.05, 4.69) is 14.2 Å². The summed E-state index contributed by atoms with van der Waals surface area (Å²) in [7, 11) is 0. The molecule has 1 aromatic rings. The molecule has 0 saturated carbocycles. The molecule has 3 atom stereocenters. The molecule has 3 fully saturated rings. The van der Waals surface area contributed by atoms with Crippen LogP contribution in [0.25, 0.3) is 0 Å². The lowest BCUT2D eigenvalue weighted by Crippen LogP contribution is -2.55. The van der Waals surface area contributed by atoms with E-state index in [1.165, 1.54) is 0 Å². The van der Waals surface area contributed by atoms with Crippen molar-refractivity contribution >= 4 is 0 Å². The van der Waals surface area contributed by atoms with Gasteiger partial charge in [-0.05, 0) is 0 Å². The van der Waals surface area contributed by atoms with Gasteiger partial charge in [0.15, 0.2) is 0 Å². The second kappa shape index (κ2) is 4.65. The first-order chi connectivity index (χ1) is 15.7. The van der Waals surface area contributed by atoms with Crippen molar-refractivity contribution in [2.75, 3.05) is 19.7 Å². The molecule has 3 aliphatic rings. The Morgan fingerprint density at radius 3 is 1.29 bits per heavy atom. The highest BCUT2D eigenvalue weighted by Crippen LogP contribution is 2.12. The van der Waals surface area contributed by atoms with Crippen LogP contribution in [0.4, 0.5) is 0 Å². The summed E-state index contributed by atoms with van der Waals surface area (Å²) in [5.41, 5.74) is -6.95. The third-order valence-electron chi connectivity index (χ3n) is 2.40. The van der Waals surface area contributed by atoms with Gasteiger partial charge in [-0.1, -0.05) is 0 Å². The van der Waals surface area contributed by atoms with Gasteiger partial charge < -0.3 is 14.2 Å². The van der Waals surface area contributed by atoms with E-state index in [-0.39, 0.29) is 0 Å². The first-order valence-corrected chi connectivity index (χ1v) is 5.35. The molecule has 3 aliphatic heterocycles. The number of hydrogen-bond donors (Lipinski definition) is 0. The Balaban J connectivity index is 2.13. The van der Waals surface area contributed by atoms with Gasteiger partial charge in [0.1, 0.15) is 0 Å². The molecule has 114 valence electrons. The molecule has 3 unspecified atom stereocenters. The lowest BCUT2D eigenvalue weighted by Gasteiger charge is -2.12. The Bertz CT molecular complexity index is 1180. The smallest absolute Gasteiger partial charge is 0.336 e. The Hall–Kier alpha value is -1.71. The third kappa shape index (κ3) is 2.59. The molecule has 21 heavy (non-hydrogen) atoms. The van der Waals surface area contributed by atoms with E-state index in [1.54, 1.807) is 0 Å². The standard InChI is InChI=1S/C12H15N3O6/c16-10-13(1-7-4-19-7)11(17)15(3-9-6-21-9)12(18)14(10)2-8-5-20-8/h7-9H,1-6H2/i1D2,2D2,3D2,4D2,5D2,6D2,7D,8D,9D. The number of aromatic nitrogens is 3. The summed E-state index contributed by atoms with van der Waals surface area (Å²) in [6, 6.07) is 0. The van der Waals surface area contributed by atoms with Gasteiger partial charge in [-0.3, -0.25) is 0 Å². The first kappa shape index (κ1) is 4.64. The predicted octanol–water partition coefficient (Wildman–Crippen LogP) is -2.63. The van der Waals surface area contributed by atoms with Crippen LogP contribution in [-0.2, 0) is 33.7 Å². The van der Waals surface area contributed by atoms with Crippen molar-refractivity contribution in [1.29, 1.82) is 0 Å². The van der Waals surface area contributed by atoms with Crippen LogP contribution in [0, 0.1) is 0 Å². The molecular weight excluding hydrogens is 282 g/mol. The molecule has 0 aliphatic carbocycles. The van der Waals surface area contributed by atoms with Crippen LogP contribution < -0.4 is 17.1 Å². The van der Waals surface area contributed by atoms with Crippen molar-refractivity contribution in [2.24, 2.45) is 0 Å². The van der Waals surface area contributed by atoms with Crippen molar-refractivity contribution in [3.8, 4) is 0 Å². The molecule has 0 radical (unpaired) electrons. The largest absolute Gasteiger partial charge is 0.371 e. The van der Waals surface area contributed by atoms with Crippen LogP contribution in [-0.4, -0.2) is 51.6 Å². The molecule has 0 aromatic carbocycles. The molecule has 0 amide bonds. The van der Waals surface area contributed by atoms with Crippen molar-refractivity contribution in [1.82, 2.24) is 13.7 Å². The summed E-state index contributed by atoms with van der Waals surface area (Å²) in [6.45, 7) is -21.2. The summed E-state index contributed by atoms with van der Waals surface area (Å²) in [5, 5.41) is 0. The van der Waals surface area contributed by atoms with Gasteiger partial charge in [-0.15, -0.1) is 0 Å². The second-order valence-corrected chi connectivity index (χ2v) is 3.79. The second-order valence-electron chi connectivity index (χ2n) is 3.79. The van der Waals surface area contributed by atoms with Gasteiger partial charge in [0.2, 0.25) is 0 Å². The maximum absolute atomic E-state index is 13.2. The molecule has 9 nitrogen and oxygen atoms in total. The van der Waals surface area contributed by atoms with Crippen molar-refractivity contribution in [3.63, 3.8) is 0 Å². The van der Waals surface area contributed by atoms with Crippen LogP contribution >= 0.6 is 0 Å². The monoisotopic (exact) mass is 312 g/mol. The molecule has 4 heterocycles. The Morgan fingerprint density at radius 2 is 1.10 bits per heavy atom. The number of hydrogen-bond acceptors (Lipinski definition) is 6. The zero-order valence-corrected chi connectivity index (χ0v) is 9.79. The predicted molar refractivity (Wildman–Crippen MR) is 68.4 cm³/mol. The van der Waals surface area contributed by atoms with E-state index in [0.717, 1.165) is 0 Å². The average Bonchev–Trinajstić information content (AvgIpc) is 3.51. The number of rotatable bonds is 6. The average molecular weight is 312 g/mol. The molecule has 9 heteroatoms. The van der Waals surface area contributed by atoms with Gasteiger partial charge in [-0.2, -0.15) is 0 Å². The van der Waals surface area contributed by atoms with Crippen molar-refractivity contribution in [2.45, 2.75) is 37.7 Å². The fourth-order valence-corrected chi connectivity index (χ4v) is 1.35. The quantitative estimate of drug-likeness (QED) is 0.532. The van der Waals surface area contributed by atoms with E-state index in [4.69, 9.17) is 20.6 Å². The van der Waals surface area contributed by atoms with Crippen molar-refractivity contribution in [3.05, 3.63) is 31.5 Å². The normalized spacial score (nSPS) is 59.7. The minimum atomic E-state index is -3.93. The number of nitrogens with zero attached hydrogens (tertiary/aromatic N) is 3. The van der Waals surface area contributed by atoms with Crippen LogP contribution in [0.3, 0.4) is 0 Å². The lowest BCUT2D eigenvalue weighted by molar-refractivity contribution is 0.327. The highest BCUT2D eigenvalue weighted by Gasteiger charge is 2.31. The van der Waals surface area contributed by atoms with E-state index in [0.29, 0.717) is 0 Å². The molecule has 0 N–H and O–H groups in total. The van der Waals surface area contributed by atoms with E-state index in [1.807, 2.05) is 0 Å². The van der Waals surface area contributed by atoms with Gasteiger partial charge >= 0.3 is 17.1 Å². The summed E-state index contributed by atoms with van der Waals surface area (Å²) in [6.07, 6.45) is -10.1. The van der Waals surface area contributed by atoms with Crippen LogP contribution in [0.2, 0.25) is 0 Å². The van der Waals surface area contributed by atoms with Crippen LogP contribution in [0.5, 0.6) is 0 Å². The van der Waals surface area contributed by atoms with Gasteiger partial charge in [0.05, 0.1) is 78.0 Å². The molecule has 0 spiro atoms. The van der Waals surface area contributed by atoms with E-state index < -0.39 is 88.2 Å². The maximum Gasteiger partial charge on any atom is 0.336 e. The highest BCUT2D eigenvalue weighted by molar-refractivity contribution is 4.86. The molecular formula is C12H15N3O6. The van der Waals surface area contributed by atoms with E-state index >= 15 is 0 Å². The number of epoxide rings is 3. The summed E-state index contributed by atoms with van der Waals surface area (Å²) in [5.74, 6) is 0. The zero-order valence-electron chi connectivity index (χ0n) is 24.8. The Labute approximate surface area is 139 Å². The third-order valence-corrected chi connectivity index (χ3v) is 2.40. The van der Waals surface area contributed by atoms with Gasteiger partial charge in [-0.25, -0.2) is 28.1 Å². The SMILES string of the molecule is [2H]C1([2H])OC1([2H])C([2H])([2H])n1c(=O)n(C([2H])([2H])C2([2H])OC2([2H])[2H])c(=O)n(C([2H])([2H])C2([2H])OC2([2H])[2H])c1=O. The van der Waals surface area contributed by atoms with Crippen LogP contribution in [0.15, 0.2) is 14.4 Å². The molecule has 0 bridgehead atoms. The zero-order chi connectivity index (χ0) is 28.1. The number of ether oxygens (including phenoxy) is 3. The van der Waals surface area contributed by atoms with Gasteiger partial charge in [0, 0.05) is 0 Å². The molecule has 4 rings (SSSR count). The summed E-state index contributed by atoms with van der Waals surface area (Å²) in [4.78, 5) is 39.5. The Kier molecular flexibility index (Phi) is 1.03. The highest BCUT2D eigenvalue weighted by atomic mass is 16.6. The van der Waals surface area contributed by atoms with Gasteiger partial charge in [0.25, 0.3) is 0 Å². The fourth-order valence-electron chi connectivity index (χ4n) is 1.35. The molecule has 1 aromatic heterocycles.